The average molecular weight is 370 g/mol. The molecule has 0 aromatic heterocycles. The van der Waals surface area contributed by atoms with Crippen LogP contribution in [0.2, 0.25) is 0 Å². The molecule has 0 unspecified atom stereocenters. The van der Waals surface area contributed by atoms with Gasteiger partial charge in [-0.25, -0.2) is 0 Å². The van der Waals surface area contributed by atoms with Crippen molar-refractivity contribution >= 4 is 0 Å². The highest BCUT2D eigenvalue weighted by atomic mass is 14.3. The van der Waals surface area contributed by atoms with Crippen molar-refractivity contribution < 1.29 is 0 Å². The molecule has 1 nitrogen and oxygen atoms in total. The quantitative estimate of drug-likeness (QED) is 0.204. The summed E-state index contributed by atoms with van der Waals surface area (Å²) in [5.74, 6) is 3.50. The number of hydrogen-bond acceptors (Lipinski definition) is 1. The molecule has 0 heterocycles. The van der Waals surface area contributed by atoms with Crippen LogP contribution in [0.5, 0.6) is 0 Å². The van der Waals surface area contributed by atoms with Crippen LogP contribution in [0.15, 0.2) is 24.3 Å². The van der Waals surface area contributed by atoms with Crippen molar-refractivity contribution in [2.45, 2.75) is 110 Å². The van der Waals surface area contributed by atoms with E-state index >= 15 is 0 Å². The Balaban J connectivity index is 1.59. The van der Waals surface area contributed by atoms with Gasteiger partial charge in [-0.3, -0.25) is 0 Å². The fourth-order valence-electron chi connectivity index (χ4n) is 5.48. The minimum atomic E-state index is 0.798. The van der Waals surface area contributed by atoms with E-state index in [0.29, 0.717) is 0 Å². The van der Waals surface area contributed by atoms with E-state index in [4.69, 9.17) is 5.26 Å². The van der Waals surface area contributed by atoms with Gasteiger partial charge in [0.05, 0.1) is 6.07 Å². The van der Waals surface area contributed by atoms with Gasteiger partial charge in [0.15, 0.2) is 0 Å². The average Bonchev–Trinajstić information content (AvgIpc) is 2.71. The molecule has 1 heteroatoms. The lowest BCUT2D eigenvalue weighted by Gasteiger charge is -2.36. The molecule has 2 aliphatic rings. The van der Waals surface area contributed by atoms with E-state index in [2.05, 4.69) is 19.6 Å². The Morgan fingerprint density at radius 1 is 0.852 bits per heavy atom. The summed E-state index contributed by atoms with van der Waals surface area (Å²) < 4.78 is 0. The lowest BCUT2D eigenvalue weighted by molar-refractivity contribution is 0.239. The predicted octanol–water partition coefficient (Wildman–Crippen LogP) is 8.38. The summed E-state index contributed by atoms with van der Waals surface area (Å²) >= 11 is 0. The van der Waals surface area contributed by atoms with Crippen LogP contribution in [-0.2, 0) is 0 Å². The molecule has 0 aromatic rings. The molecule has 0 aromatic carbocycles. The maximum Gasteiger partial charge on any atom is 0.0908 e. The van der Waals surface area contributed by atoms with Gasteiger partial charge in [0.25, 0.3) is 0 Å². The van der Waals surface area contributed by atoms with Gasteiger partial charge in [0.2, 0.25) is 0 Å². The number of unbranched alkanes of at least 4 members (excludes halogenated alkanes) is 4. The summed E-state index contributed by atoms with van der Waals surface area (Å²) in [6.07, 6.45) is 25.8. The Bertz CT molecular complexity index is 467. The van der Waals surface area contributed by atoms with Gasteiger partial charge in [0, 0.05) is 6.08 Å². The van der Waals surface area contributed by atoms with E-state index in [1.54, 1.807) is 11.6 Å². The van der Waals surface area contributed by atoms with Crippen LogP contribution in [0.3, 0.4) is 0 Å². The number of nitrogens with zero attached hydrogens (tertiary/aromatic N) is 1. The van der Waals surface area contributed by atoms with Crippen LogP contribution in [-0.4, -0.2) is 0 Å². The van der Waals surface area contributed by atoms with Crippen LogP contribution in [0.4, 0.5) is 0 Å². The van der Waals surface area contributed by atoms with Crippen molar-refractivity contribution in [1.82, 2.24) is 0 Å². The standard InChI is InChI=1S/C26H43N/c1-3-4-5-6-8-11-23-13-17-25(18-14-23)22(2)26-19-15-24(16-20-26)12-9-7-10-21-27/h7,10,23-26H,2-6,8-9,11-20H2,1H3. The van der Waals surface area contributed by atoms with Crippen molar-refractivity contribution in [2.75, 3.05) is 0 Å². The van der Waals surface area contributed by atoms with E-state index in [9.17, 15) is 0 Å². The monoisotopic (exact) mass is 369 g/mol. The van der Waals surface area contributed by atoms with Crippen molar-refractivity contribution in [3.05, 3.63) is 24.3 Å². The van der Waals surface area contributed by atoms with E-state index in [1.807, 2.05) is 6.08 Å². The third-order valence-electron chi connectivity index (χ3n) is 7.39. The molecule has 0 bridgehead atoms. The van der Waals surface area contributed by atoms with Gasteiger partial charge < -0.3 is 0 Å². The smallest absolute Gasteiger partial charge is 0.0908 e. The van der Waals surface area contributed by atoms with E-state index in [1.165, 1.54) is 96.3 Å². The third-order valence-corrected chi connectivity index (χ3v) is 7.39. The summed E-state index contributed by atoms with van der Waals surface area (Å²) in [5.41, 5.74) is 1.61. The Hall–Kier alpha value is -1.03. The van der Waals surface area contributed by atoms with Crippen LogP contribution in [0.1, 0.15) is 110 Å². The molecule has 0 saturated heterocycles. The number of allylic oxidation sites excluding steroid dienone is 3. The fourth-order valence-corrected chi connectivity index (χ4v) is 5.48. The minimum Gasteiger partial charge on any atom is -0.193 e. The molecule has 2 saturated carbocycles. The highest BCUT2D eigenvalue weighted by molar-refractivity contribution is 5.08. The zero-order valence-corrected chi connectivity index (χ0v) is 17.9. The van der Waals surface area contributed by atoms with Gasteiger partial charge in [-0.2, -0.15) is 5.26 Å². The van der Waals surface area contributed by atoms with Crippen molar-refractivity contribution in [1.29, 1.82) is 5.26 Å². The van der Waals surface area contributed by atoms with Crippen molar-refractivity contribution in [2.24, 2.45) is 23.7 Å². The minimum absolute atomic E-state index is 0.798. The summed E-state index contributed by atoms with van der Waals surface area (Å²) in [6, 6.07) is 2.09. The molecule has 0 N–H and O–H groups in total. The van der Waals surface area contributed by atoms with E-state index < -0.39 is 0 Å². The summed E-state index contributed by atoms with van der Waals surface area (Å²) in [6.45, 7) is 6.89. The van der Waals surface area contributed by atoms with Crippen molar-refractivity contribution in [3.8, 4) is 6.07 Å². The summed E-state index contributed by atoms with van der Waals surface area (Å²) in [7, 11) is 0. The van der Waals surface area contributed by atoms with Gasteiger partial charge >= 0.3 is 0 Å². The van der Waals surface area contributed by atoms with Crippen LogP contribution < -0.4 is 0 Å². The first kappa shape index (κ1) is 22.3. The van der Waals surface area contributed by atoms with Crippen LogP contribution in [0.25, 0.3) is 0 Å². The topological polar surface area (TPSA) is 23.8 Å². The molecular weight excluding hydrogens is 326 g/mol. The zero-order valence-electron chi connectivity index (χ0n) is 17.9. The highest BCUT2D eigenvalue weighted by Crippen LogP contribution is 2.42. The second-order valence-corrected chi connectivity index (χ2v) is 9.32. The van der Waals surface area contributed by atoms with Gasteiger partial charge in [-0.15, -0.1) is 0 Å². The van der Waals surface area contributed by atoms with Crippen LogP contribution >= 0.6 is 0 Å². The number of hydrogen-bond donors (Lipinski definition) is 0. The molecule has 2 aliphatic carbocycles. The van der Waals surface area contributed by atoms with Gasteiger partial charge in [-0.1, -0.05) is 63.7 Å². The molecule has 27 heavy (non-hydrogen) atoms. The first-order chi connectivity index (χ1) is 13.2. The molecule has 0 atom stereocenters. The van der Waals surface area contributed by atoms with Gasteiger partial charge in [-0.05, 0) is 87.9 Å². The Kier molecular flexibility index (Phi) is 10.9. The zero-order chi connectivity index (χ0) is 19.3. The Labute approximate surface area is 169 Å². The Morgan fingerprint density at radius 3 is 1.96 bits per heavy atom. The molecule has 2 fully saturated rings. The molecule has 0 aliphatic heterocycles. The predicted molar refractivity (Wildman–Crippen MR) is 117 cm³/mol. The summed E-state index contributed by atoms with van der Waals surface area (Å²) in [4.78, 5) is 0. The lowest BCUT2D eigenvalue weighted by atomic mass is 9.70. The normalized spacial score (nSPS) is 28.9. The third kappa shape index (κ3) is 8.25. The maximum atomic E-state index is 8.57. The molecule has 2 rings (SSSR count). The molecule has 0 amide bonds. The van der Waals surface area contributed by atoms with Crippen molar-refractivity contribution in [3.63, 3.8) is 0 Å². The van der Waals surface area contributed by atoms with E-state index in [0.717, 1.165) is 30.1 Å². The fraction of sp³-hybridized carbons (Fsp3) is 0.808. The summed E-state index contributed by atoms with van der Waals surface area (Å²) in [5, 5.41) is 8.57. The first-order valence-electron chi connectivity index (χ1n) is 12.0. The SMILES string of the molecule is C=C(C1CCC(CCC=CC#N)CC1)C1CCC(CCCCCCC)CC1. The highest BCUT2D eigenvalue weighted by Gasteiger charge is 2.29. The second kappa shape index (κ2) is 13.2. The number of rotatable bonds is 11. The lowest BCUT2D eigenvalue weighted by Crippen LogP contribution is -2.23. The largest absolute Gasteiger partial charge is 0.193 e. The molecule has 0 radical (unpaired) electrons. The van der Waals surface area contributed by atoms with Gasteiger partial charge in [0.1, 0.15) is 0 Å². The number of nitriles is 1. The first-order valence-corrected chi connectivity index (χ1v) is 12.0. The molecule has 0 spiro atoms. The Morgan fingerprint density at radius 2 is 1.41 bits per heavy atom. The molecular formula is C26H43N. The van der Waals surface area contributed by atoms with E-state index in [-0.39, 0.29) is 0 Å². The second-order valence-electron chi connectivity index (χ2n) is 9.32. The van der Waals surface area contributed by atoms with Crippen LogP contribution in [0, 0.1) is 35.0 Å². The maximum absolute atomic E-state index is 8.57. The molecule has 152 valence electrons.